The molecule has 8 heteroatoms. The van der Waals surface area contributed by atoms with Gasteiger partial charge in [0.2, 0.25) is 5.91 Å². The number of rotatable bonds is 5. The van der Waals surface area contributed by atoms with Crippen molar-refractivity contribution in [2.75, 3.05) is 6.54 Å². The highest BCUT2D eigenvalue weighted by molar-refractivity contribution is 7.07. The zero-order valence-corrected chi connectivity index (χ0v) is 10.7. The van der Waals surface area contributed by atoms with Gasteiger partial charge in [0.15, 0.2) is 0 Å². The predicted octanol–water partition coefficient (Wildman–Crippen LogP) is -0.305. The van der Waals surface area contributed by atoms with Gasteiger partial charge in [0.25, 0.3) is 0 Å². The monoisotopic (exact) mass is 267 g/mol. The lowest BCUT2D eigenvalue weighted by Gasteiger charge is -2.05. The largest absolute Gasteiger partial charge is 0.354 e. The molecule has 0 aromatic carbocycles. The van der Waals surface area contributed by atoms with Crippen LogP contribution < -0.4 is 10.2 Å². The highest BCUT2D eigenvalue weighted by atomic mass is 32.1. The molecule has 0 spiro atoms. The summed E-state index contributed by atoms with van der Waals surface area (Å²) >= 11 is 1.10. The molecule has 0 unspecified atom stereocenters. The van der Waals surface area contributed by atoms with E-state index in [0.29, 0.717) is 13.0 Å². The third-order valence-electron chi connectivity index (χ3n) is 2.43. The van der Waals surface area contributed by atoms with Crippen LogP contribution in [0.5, 0.6) is 0 Å². The Bertz CT molecular complexity index is 571. The topological polar surface area (TPSA) is 92.7 Å². The van der Waals surface area contributed by atoms with Crippen LogP contribution in [0.25, 0.3) is 0 Å². The normalized spacial score (nSPS) is 10.5. The Hall–Kier alpha value is -1.96. The van der Waals surface area contributed by atoms with Crippen molar-refractivity contribution in [3.63, 3.8) is 0 Å². The quantitative estimate of drug-likeness (QED) is 0.777. The summed E-state index contributed by atoms with van der Waals surface area (Å²) in [5.41, 5.74) is 0.801. The van der Waals surface area contributed by atoms with Gasteiger partial charge in [-0.15, -0.1) is 0 Å². The first-order valence-corrected chi connectivity index (χ1v) is 6.30. The predicted molar refractivity (Wildman–Crippen MR) is 66.4 cm³/mol. The zero-order chi connectivity index (χ0) is 13.0. The maximum Gasteiger partial charge on any atom is 0.307 e. The van der Waals surface area contributed by atoms with Gasteiger partial charge in [-0.05, 0) is 6.92 Å². The van der Waals surface area contributed by atoms with E-state index in [4.69, 9.17) is 0 Å². The summed E-state index contributed by atoms with van der Waals surface area (Å²) in [7, 11) is 0. The number of amides is 1. The number of aryl methyl sites for hydroxylation is 1. The first kappa shape index (κ1) is 12.5. The number of carbonyl (C=O) groups is 1. The van der Waals surface area contributed by atoms with Crippen LogP contribution >= 0.6 is 11.3 Å². The van der Waals surface area contributed by atoms with E-state index in [1.807, 2.05) is 0 Å². The highest BCUT2D eigenvalue weighted by Gasteiger charge is 2.07. The first-order valence-electron chi connectivity index (χ1n) is 5.42. The van der Waals surface area contributed by atoms with E-state index in [2.05, 4.69) is 20.5 Å². The molecular weight excluding hydrogens is 254 g/mol. The molecule has 7 nitrogen and oxygen atoms in total. The van der Waals surface area contributed by atoms with Crippen molar-refractivity contribution < 1.29 is 4.79 Å². The second-order valence-corrected chi connectivity index (χ2v) is 4.58. The van der Waals surface area contributed by atoms with Crippen LogP contribution in [0.15, 0.2) is 16.5 Å². The number of carbonyl (C=O) groups excluding carboxylic acids is 1. The molecule has 0 radical (unpaired) electrons. The molecule has 0 aliphatic rings. The van der Waals surface area contributed by atoms with Gasteiger partial charge in [0, 0.05) is 24.0 Å². The molecule has 2 aromatic rings. The first-order chi connectivity index (χ1) is 8.66. The number of nitrogens with one attached hydrogen (secondary N) is 2. The van der Waals surface area contributed by atoms with Crippen molar-refractivity contribution >= 4 is 17.2 Å². The third-order valence-corrected chi connectivity index (χ3v) is 3.31. The van der Waals surface area contributed by atoms with Crippen LogP contribution in [0.4, 0.5) is 0 Å². The number of hydrogen-bond donors (Lipinski definition) is 2. The number of hydrogen-bond acceptors (Lipinski definition) is 5. The van der Waals surface area contributed by atoms with Crippen molar-refractivity contribution in [3.05, 3.63) is 32.9 Å². The summed E-state index contributed by atoms with van der Waals surface area (Å²) in [5, 5.41) is 10.9. The van der Waals surface area contributed by atoms with Gasteiger partial charge in [-0.1, -0.05) is 11.3 Å². The van der Waals surface area contributed by atoms with Crippen LogP contribution in [-0.4, -0.2) is 32.2 Å². The fraction of sp³-hybridized carbons (Fsp3) is 0.400. The zero-order valence-electron chi connectivity index (χ0n) is 9.84. The molecule has 0 saturated heterocycles. The van der Waals surface area contributed by atoms with E-state index < -0.39 is 0 Å². The molecule has 2 rings (SSSR count). The standard InChI is InChI=1S/C10H13N5O2S/c1-7-5-18-10(17)15(7)4-9(16)11-3-2-8-12-6-13-14-8/h5-6H,2-4H2,1H3,(H,11,16)(H,12,13,14). The minimum absolute atomic E-state index is 0.0601. The number of thiazole rings is 1. The fourth-order valence-corrected chi connectivity index (χ4v) is 2.20. The Kier molecular flexibility index (Phi) is 3.88. The minimum Gasteiger partial charge on any atom is -0.354 e. The molecule has 18 heavy (non-hydrogen) atoms. The Morgan fingerprint density at radius 1 is 1.61 bits per heavy atom. The molecule has 0 saturated carbocycles. The van der Waals surface area contributed by atoms with Gasteiger partial charge in [-0.3, -0.25) is 19.3 Å². The number of H-pyrrole nitrogens is 1. The van der Waals surface area contributed by atoms with Crippen molar-refractivity contribution in [2.45, 2.75) is 19.9 Å². The van der Waals surface area contributed by atoms with Gasteiger partial charge in [0.1, 0.15) is 18.7 Å². The van der Waals surface area contributed by atoms with Crippen LogP contribution in [0.1, 0.15) is 11.5 Å². The number of aromatic amines is 1. The minimum atomic E-state index is -0.182. The van der Waals surface area contributed by atoms with Crippen molar-refractivity contribution in [3.8, 4) is 0 Å². The molecule has 96 valence electrons. The van der Waals surface area contributed by atoms with Crippen LogP contribution in [-0.2, 0) is 17.8 Å². The summed E-state index contributed by atoms with van der Waals surface area (Å²) < 4.78 is 1.45. The van der Waals surface area contributed by atoms with E-state index in [1.165, 1.54) is 10.9 Å². The summed E-state index contributed by atoms with van der Waals surface area (Å²) in [6.45, 7) is 2.33. The molecule has 0 bridgehead atoms. The van der Waals surface area contributed by atoms with Gasteiger partial charge in [-0.2, -0.15) is 5.10 Å². The maximum atomic E-state index is 11.6. The smallest absolute Gasteiger partial charge is 0.307 e. The average molecular weight is 267 g/mol. The molecule has 1 amide bonds. The summed E-state index contributed by atoms with van der Waals surface area (Å²) in [5.74, 6) is 0.539. The molecule has 2 N–H and O–H groups in total. The van der Waals surface area contributed by atoms with E-state index >= 15 is 0 Å². The van der Waals surface area contributed by atoms with Crippen molar-refractivity contribution in [2.24, 2.45) is 0 Å². The molecular formula is C10H13N5O2S. The van der Waals surface area contributed by atoms with Gasteiger partial charge < -0.3 is 5.32 Å². The van der Waals surface area contributed by atoms with Gasteiger partial charge in [-0.25, -0.2) is 4.98 Å². The average Bonchev–Trinajstić information content (AvgIpc) is 2.94. The Balaban J connectivity index is 1.81. The summed E-state index contributed by atoms with van der Waals surface area (Å²) in [6, 6.07) is 0. The number of aromatic nitrogens is 4. The van der Waals surface area contributed by atoms with Gasteiger partial charge in [0.05, 0.1) is 0 Å². The van der Waals surface area contributed by atoms with Crippen molar-refractivity contribution in [1.82, 2.24) is 25.1 Å². The second-order valence-electron chi connectivity index (χ2n) is 3.76. The molecule has 0 aliphatic heterocycles. The van der Waals surface area contributed by atoms with E-state index in [9.17, 15) is 9.59 Å². The van der Waals surface area contributed by atoms with E-state index in [1.54, 1.807) is 12.3 Å². The molecule has 0 atom stereocenters. The van der Waals surface area contributed by atoms with Crippen LogP contribution in [0.2, 0.25) is 0 Å². The Morgan fingerprint density at radius 3 is 3.06 bits per heavy atom. The molecule has 0 fully saturated rings. The molecule has 0 aliphatic carbocycles. The lowest BCUT2D eigenvalue weighted by molar-refractivity contribution is -0.121. The number of nitrogens with zero attached hydrogens (tertiary/aromatic N) is 3. The third kappa shape index (κ3) is 3.04. The van der Waals surface area contributed by atoms with Crippen molar-refractivity contribution in [1.29, 1.82) is 0 Å². The van der Waals surface area contributed by atoms with Crippen LogP contribution in [0, 0.1) is 6.92 Å². The Labute approximate surface area is 107 Å². The molecule has 2 heterocycles. The Morgan fingerprint density at radius 2 is 2.44 bits per heavy atom. The lowest BCUT2D eigenvalue weighted by Crippen LogP contribution is -2.32. The summed E-state index contributed by atoms with van der Waals surface area (Å²) in [4.78, 5) is 26.9. The van der Waals surface area contributed by atoms with Crippen LogP contribution in [0.3, 0.4) is 0 Å². The lowest BCUT2D eigenvalue weighted by atomic mass is 10.4. The van der Waals surface area contributed by atoms with Gasteiger partial charge >= 0.3 is 4.87 Å². The highest BCUT2D eigenvalue weighted by Crippen LogP contribution is 1.98. The second kappa shape index (κ2) is 5.58. The molecule has 2 aromatic heterocycles. The van der Waals surface area contributed by atoms with E-state index in [-0.39, 0.29) is 17.3 Å². The maximum absolute atomic E-state index is 11.6. The summed E-state index contributed by atoms with van der Waals surface area (Å²) in [6.07, 6.45) is 2.01. The SMILES string of the molecule is Cc1csc(=O)n1CC(=O)NCCc1ncn[nH]1. The van der Waals surface area contributed by atoms with E-state index in [0.717, 1.165) is 22.9 Å². The fourth-order valence-electron chi connectivity index (χ4n) is 1.47.